The first-order valence-electron chi connectivity index (χ1n) is 6.00. The number of nitrogens with two attached hydrogens (primary N) is 1. The first-order chi connectivity index (χ1) is 8.08. The molecule has 0 heterocycles. The summed E-state index contributed by atoms with van der Waals surface area (Å²) in [6.45, 7) is 7.27. The Labute approximate surface area is 103 Å². The fraction of sp³-hybridized carbons (Fsp3) is 0.462. The van der Waals surface area contributed by atoms with Crippen LogP contribution in [0.4, 0.5) is 10.5 Å². The maximum atomic E-state index is 11.8. The summed E-state index contributed by atoms with van der Waals surface area (Å²) < 4.78 is 0. The molecule has 94 valence electrons. The zero-order valence-electron chi connectivity index (χ0n) is 10.7. The highest BCUT2D eigenvalue weighted by Gasteiger charge is 2.09. The van der Waals surface area contributed by atoms with Crippen LogP contribution in [0.15, 0.2) is 24.3 Å². The van der Waals surface area contributed by atoms with Gasteiger partial charge >= 0.3 is 6.03 Å². The van der Waals surface area contributed by atoms with Gasteiger partial charge in [-0.05, 0) is 38.5 Å². The van der Waals surface area contributed by atoms with Gasteiger partial charge in [0.2, 0.25) is 0 Å². The van der Waals surface area contributed by atoms with E-state index in [0.29, 0.717) is 13.1 Å². The Bertz CT molecular complexity index is 355. The first kappa shape index (κ1) is 13.5. The van der Waals surface area contributed by atoms with E-state index in [2.05, 4.69) is 5.32 Å². The molecule has 1 rings (SSSR count). The molecule has 0 aliphatic rings. The van der Waals surface area contributed by atoms with E-state index in [1.165, 1.54) is 0 Å². The Morgan fingerprint density at radius 1 is 1.29 bits per heavy atom. The molecule has 0 aliphatic heterocycles. The summed E-state index contributed by atoms with van der Waals surface area (Å²) in [5.74, 6) is 0. The van der Waals surface area contributed by atoms with E-state index in [-0.39, 0.29) is 12.1 Å². The molecule has 0 fully saturated rings. The van der Waals surface area contributed by atoms with Crippen molar-refractivity contribution in [1.29, 1.82) is 0 Å². The highest BCUT2D eigenvalue weighted by Crippen LogP contribution is 2.14. The van der Waals surface area contributed by atoms with Crippen LogP contribution >= 0.6 is 0 Å². The lowest BCUT2D eigenvalue weighted by atomic mass is 10.1. The number of amides is 2. The molecule has 4 heteroatoms. The van der Waals surface area contributed by atoms with Gasteiger partial charge in [0.15, 0.2) is 0 Å². The highest BCUT2D eigenvalue weighted by atomic mass is 16.2. The molecule has 1 atom stereocenters. The summed E-state index contributed by atoms with van der Waals surface area (Å²) in [6.07, 6.45) is 0. The van der Waals surface area contributed by atoms with E-state index in [1.807, 2.05) is 45.0 Å². The number of hydrogen-bond donors (Lipinski definition) is 2. The van der Waals surface area contributed by atoms with Crippen molar-refractivity contribution in [3.8, 4) is 0 Å². The average molecular weight is 235 g/mol. The lowest BCUT2D eigenvalue weighted by Gasteiger charge is -2.19. The van der Waals surface area contributed by atoms with E-state index >= 15 is 0 Å². The van der Waals surface area contributed by atoms with E-state index in [9.17, 15) is 4.79 Å². The predicted octanol–water partition coefficient (Wildman–Crippen LogP) is 2.58. The summed E-state index contributed by atoms with van der Waals surface area (Å²) >= 11 is 0. The van der Waals surface area contributed by atoms with Gasteiger partial charge in [0, 0.05) is 24.8 Å². The van der Waals surface area contributed by atoms with Gasteiger partial charge in [0.25, 0.3) is 0 Å². The molecule has 0 aromatic heterocycles. The van der Waals surface area contributed by atoms with Crippen LogP contribution in [0.5, 0.6) is 0 Å². The van der Waals surface area contributed by atoms with Gasteiger partial charge in [0.1, 0.15) is 0 Å². The van der Waals surface area contributed by atoms with E-state index in [4.69, 9.17) is 5.73 Å². The summed E-state index contributed by atoms with van der Waals surface area (Å²) in [6, 6.07) is 7.57. The van der Waals surface area contributed by atoms with Gasteiger partial charge in [-0.15, -0.1) is 0 Å². The fourth-order valence-corrected chi connectivity index (χ4v) is 1.58. The average Bonchev–Trinajstić information content (AvgIpc) is 2.31. The summed E-state index contributed by atoms with van der Waals surface area (Å²) in [4.78, 5) is 13.5. The van der Waals surface area contributed by atoms with Crippen molar-refractivity contribution in [2.24, 2.45) is 5.73 Å². The van der Waals surface area contributed by atoms with Crippen LogP contribution in [0.3, 0.4) is 0 Å². The van der Waals surface area contributed by atoms with Crippen LogP contribution in [0.1, 0.15) is 32.4 Å². The molecule has 17 heavy (non-hydrogen) atoms. The van der Waals surface area contributed by atoms with Gasteiger partial charge in [-0.25, -0.2) is 4.79 Å². The van der Waals surface area contributed by atoms with Crippen molar-refractivity contribution in [3.63, 3.8) is 0 Å². The summed E-state index contributed by atoms with van der Waals surface area (Å²) in [5.41, 5.74) is 7.62. The zero-order valence-corrected chi connectivity index (χ0v) is 10.7. The highest BCUT2D eigenvalue weighted by molar-refractivity contribution is 5.89. The van der Waals surface area contributed by atoms with Gasteiger partial charge in [-0.1, -0.05) is 12.1 Å². The topological polar surface area (TPSA) is 58.4 Å². The Balaban J connectivity index is 2.66. The number of nitrogens with zero attached hydrogens (tertiary/aromatic N) is 1. The van der Waals surface area contributed by atoms with Gasteiger partial charge < -0.3 is 16.0 Å². The molecule has 1 aromatic carbocycles. The smallest absolute Gasteiger partial charge is 0.321 e. The Morgan fingerprint density at radius 2 is 1.82 bits per heavy atom. The minimum atomic E-state index is -0.0662. The third-order valence-corrected chi connectivity index (χ3v) is 2.74. The van der Waals surface area contributed by atoms with Crippen LogP contribution in [-0.4, -0.2) is 24.0 Å². The molecule has 0 radical (unpaired) electrons. The minimum Gasteiger partial charge on any atom is -0.325 e. The van der Waals surface area contributed by atoms with Crippen molar-refractivity contribution in [2.45, 2.75) is 26.8 Å². The van der Waals surface area contributed by atoms with Crippen molar-refractivity contribution in [2.75, 3.05) is 18.4 Å². The number of anilines is 1. The van der Waals surface area contributed by atoms with E-state index < -0.39 is 0 Å². The maximum Gasteiger partial charge on any atom is 0.321 e. The fourth-order valence-electron chi connectivity index (χ4n) is 1.58. The molecular formula is C13H21N3O. The van der Waals surface area contributed by atoms with Gasteiger partial charge in [0.05, 0.1) is 0 Å². The van der Waals surface area contributed by atoms with Crippen LogP contribution in [0.25, 0.3) is 0 Å². The summed E-state index contributed by atoms with van der Waals surface area (Å²) in [5, 5.41) is 2.86. The van der Waals surface area contributed by atoms with Crippen LogP contribution in [-0.2, 0) is 0 Å². The van der Waals surface area contributed by atoms with Crippen molar-refractivity contribution < 1.29 is 4.79 Å². The molecule has 0 saturated heterocycles. The molecule has 2 amide bonds. The van der Waals surface area contributed by atoms with Crippen molar-refractivity contribution >= 4 is 11.7 Å². The number of benzene rings is 1. The third-order valence-electron chi connectivity index (χ3n) is 2.74. The zero-order chi connectivity index (χ0) is 12.8. The normalized spacial score (nSPS) is 12.0. The number of urea groups is 1. The second-order valence-corrected chi connectivity index (χ2v) is 4.01. The number of rotatable bonds is 4. The second-order valence-electron chi connectivity index (χ2n) is 4.01. The van der Waals surface area contributed by atoms with Gasteiger partial charge in [-0.2, -0.15) is 0 Å². The minimum absolute atomic E-state index is 0.0162. The van der Waals surface area contributed by atoms with E-state index in [0.717, 1.165) is 11.3 Å². The molecule has 3 N–H and O–H groups in total. The quantitative estimate of drug-likeness (QED) is 0.842. The third kappa shape index (κ3) is 3.75. The molecule has 0 unspecified atom stereocenters. The van der Waals surface area contributed by atoms with Crippen molar-refractivity contribution in [1.82, 2.24) is 4.90 Å². The van der Waals surface area contributed by atoms with Crippen LogP contribution in [0.2, 0.25) is 0 Å². The monoisotopic (exact) mass is 235 g/mol. The Kier molecular flexibility index (Phi) is 4.97. The standard InChI is InChI=1S/C13H21N3O/c1-4-16(5-2)13(17)15-12-8-6-11(7-9-12)10(3)14/h6-10H,4-5,14H2,1-3H3,(H,15,17)/t10-/m0/s1. The molecular weight excluding hydrogens is 214 g/mol. The summed E-state index contributed by atoms with van der Waals surface area (Å²) in [7, 11) is 0. The Morgan fingerprint density at radius 3 is 2.24 bits per heavy atom. The molecule has 0 aliphatic carbocycles. The number of nitrogens with one attached hydrogen (secondary N) is 1. The largest absolute Gasteiger partial charge is 0.325 e. The number of hydrogen-bond acceptors (Lipinski definition) is 2. The lowest BCUT2D eigenvalue weighted by Crippen LogP contribution is -2.34. The molecule has 1 aromatic rings. The van der Waals surface area contributed by atoms with E-state index in [1.54, 1.807) is 4.90 Å². The lowest BCUT2D eigenvalue weighted by molar-refractivity contribution is 0.217. The molecule has 4 nitrogen and oxygen atoms in total. The first-order valence-corrected chi connectivity index (χ1v) is 6.00. The van der Waals surface area contributed by atoms with Crippen molar-refractivity contribution in [3.05, 3.63) is 29.8 Å². The number of carbonyl (C=O) groups is 1. The second kappa shape index (κ2) is 6.25. The maximum absolute atomic E-state index is 11.8. The van der Waals surface area contributed by atoms with Gasteiger partial charge in [-0.3, -0.25) is 0 Å². The molecule has 0 spiro atoms. The number of carbonyl (C=O) groups excluding carboxylic acids is 1. The van der Waals surface area contributed by atoms with Crippen LogP contribution in [0, 0.1) is 0 Å². The molecule has 0 bridgehead atoms. The Hall–Kier alpha value is -1.55. The molecule has 0 saturated carbocycles. The SMILES string of the molecule is CCN(CC)C(=O)Nc1ccc([C@H](C)N)cc1. The predicted molar refractivity (Wildman–Crippen MR) is 71.0 cm³/mol. The van der Waals surface area contributed by atoms with Crippen LogP contribution < -0.4 is 11.1 Å².